The number of benzene rings is 1. The van der Waals surface area contributed by atoms with Crippen LogP contribution in [-0.2, 0) is 0 Å². The fourth-order valence-electron chi connectivity index (χ4n) is 2.33. The number of rotatable bonds is 3. The van der Waals surface area contributed by atoms with E-state index in [0.717, 1.165) is 22.9 Å². The number of halogens is 1. The first kappa shape index (κ1) is 13.4. The minimum Gasteiger partial charge on any atom is -0.335 e. The molecular formula is C14H19BrN2O. The molecule has 1 aromatic rings. The molecule has 18 heavy (non-hydrogen) atoms. The predicted octanol–water partition coefficient (Wildman–Crippen LogP) is 3.75. The van der Waals surface area contributed by atoms with Crippen LogP contribution in [0.15, 0.2) is 28.7 Å². The van der Waals surface area contributed by atoms with E-state index >= 15 is 0 Å². The van der Waals surface area contributed by atoms with Crippen LogP contribution in [0.1, 0.15) is 44.2 Å². The smallest absolute Gasteiger partial charge is 0.315 e. The lowest BCUT2D eigenvalue weighted by Crippen LogP contribution is -2.41. The van der Waals surface area contributed by atoms with E-state index < -0.39 is 0 Å². The molecule has 1 aliphatic rings. The standard InChI is InChI=1S/C14H19BrN2O/c1-10(11-6-8-12(15)9-7-11)16-14(18)17-13-4-2-3-5-13/h6-10,13H,2-5H2,1H3,(H2,16,17,18)/t10-/m0/s1. The van der Waals surface area contributed by atoms with E-state index in [4.69, 9.17) is 0 Å². The zero-order valence-corrected chi connectivity index (χ0v) is 12.2. The van der Waals surface area contributed by atoms with Gasteiger partial charge < -0.3 is 10.6 Å². The van der Waals surface area contributed by atoms with Crippen molar-refractivity contribution in [3.8, 4) is 0 Å². The first-order chi connectivity index (χ1) is 8.65. The number of nitrogens with one attached hydrogen (secondary N) is 2. The van der Waals surface area contributed by atoms with Gasteiger partial charge >= 0.3 is 6.03 Å². The van der Waals surface area contributed by atoms with Crippen LogP contribution in [0.2, 0.25) is 0 Å². The van der Waals surface area contributed by atoms with Crippen molar-refractivity contribution in [1.29, 1.82) is 0 Å². The summed E-state index contributed by atoms with van der Waals surface area (Å²) in [6, 6.07) is 8.35. The highest BCUT2D eigenvalue weighted by Crippen LogP contribution is 2.18. The molecule has 1 aromatic carbocycles. The van der Waals surface area contributed by atoms with Gasteiger partial charge in [0, 0.05) is 10.5 Å². The first-order valence-electron chi connectivity index (χ1n) is 6.47. The molecule has 0 aromatic heterocycles. The van der Waals surface area contributed by atoms with Gasteiger partial charge in [-0.15, -0.1) is 0 Å². The van der Waals surface area contributed by atoms with E-state index in [1.54, 1.807) is 0 Å². The van der Waals surface area contributed by atoms with Crippen LogP contribution < -0.4 is 10.6 Å². The number of urea groups is 1. The van der Waals surface area contributed by atoms with Gasteiger partial charge in [-0.1, -0.05) is 40.9 Å². The van der Waals surface area contributed by atoms with Crippen molar-refractivity contribution in [2.45, 2.75) is 44.7 Å². The molecular weight excluding hydrogens is 292 g/mol. The lowest BCUT2D eigenvalue weighted by molar-refractivity contribution is 0.234. The number of carbonyl (C=O) groups excluding carboxylic acids is 1. The maximum atomic E-state index is 11.8. The second kappa shape index (κ2) is 6.23. The maximum absolute atomic E-state index is 11.8. The van der Waals surface area contributed by atoms with Crippen molar-refractivity contribution >= 4 is 22.0 Å². The molecule has 1 atom stereocenters. The van der Waals surface area contributed by atoms with Crippen molar-refractivity contribution in [3.05, 3.63) is 34.3 Å². The molecule has 2 N–H and O–H groups in total. The van der Waals surface area contributed by atoms with E-state index in [-0.39, 0.29) is 12.1 Å². The van der Waals surface area contributed by atoms with Gasteiger partial charge in [-0.2, -0.15) is 0 Å². The number of hydrogen-bond donors (Lipinski definition) is 2. The van der Waals surface area contributed by atoms with Crippen molar-refractivity contribution in [2.75, 3.05) is 0 Å². The van der Waals surface area contributed by atoms with E-state index in [1.807, 2.05) is 31.2 Å². The van der Waals surface area contributed by atoms with Crippen molar-refractivity contribution in [1.82, 2.24) is 10.6 Å². The molecule has 0 bridgehead atoms. The average molecular weight is 311 g/mol. The molecule has 3 nitrogen and oxygen atoms in total. The Morgan fingerprint density at radius 1 is 1.28 bits per heavy atom. The summed E-state index contributed by atoms with van der Waals surface area (Å²) in [5.41, 5.74) is 1.11. The molecule has 1 aliphatic carbocycles. The summed E-state index contributed by atoms with van der Waals surface area (Å²) in [6.07, 6.45) is 4.68. The third kappa shape index (κ3) is 3.73. The van der Waals surface area contributed by atoms with Crippen LogP contribution in [0.3, 0.4) is 0 Å². The number of carbonyl (C=O) groups is 1. The van der Waals surface area contributed by atoms with Gasteiger partial charge in [-0.3, -0.25) is 0 Å². The van der Waals surface area contributed by atoms with Crippen LogP contribution in [0.5, 0.6) is 0 Å². The quantitative estimate of drug-likeness (QED) is 0.877. The molecule has 0 spiro atoms. The SMILES string of the molecule is C[C@H](NC(=O)NC1CCCC1)c1ccc(Br)cc1. The van der Waals surface area contributed by atoms with Crippen molar-refractivity contribution in [2.24, 2.45) is 0 Å². The van der Waals surface area contributed by atoms with Gasteiger partial charge in [0.05, 0.1) is 6.04 Å². The van der Waals surface area contributed by atoms with Gasteiger partial charge in [0.25, 0.3) is 0 Å². The molecule has 0 heterocycles. The van der Waals surface area contributed by atoms with E-state index in [2.05, 4.69) is 26.6 Å². The van der Waals surface area contributed by atoms with Gasteiger partial charge in [0.1, 0.15) is 0 Å². The second-order valence-corrected chi connectivity index (χ2v) is 5.79. The molecule has 2 amide bonds. The summed E-state index contributed by atoms with van der Waals surface area (Å²) in [4.78, 5) is 11.8. The second-order valence-electron chi connectivity index (χ2n) is 4.87. The average Bonchev–Trinajstić information content (AvgIpc) is 2.82. The maximum Gasteiger partial charge on any atom is 0.315 e. The van der Waals surface area contributed by atoms with Gasteiger partial charge in [-0.05, 0) is 37.5 Å². The third-order valence-corrected chi connectivity index (χ3v) is 3.94. The molecule has 0 aliphatic heterocycles. The zero-order valence-electron chi connectivity index (χ0n) is 10.6. The van der Waals surface area contributed by atoms with E-state index in [0.29, 0.717) is 6.04 Å². The highest BCUT2D eigenvalue weighted by atomic mass is 79.9. The minimum absolute atomic E-state index is 0.0273. The molecule has 1 fully saturated rings. The molecule has 4 heteroatoms. The van der Waals surface area contributed by atoms with E-state index in [9.17, 15) is 4.79 Å². The fraction of sp³-hybridized carbons (Fsp3) is 0.500. The molecule has 98 valence electrons. The predicted molar refractivity (Wildman–Crippen MR) is 76.5 cm³/mol. The lowest BCUT2D eigenvalue weighted by atomic mass is 10.1. The number of hydrogen-bond acceptors (Lipinski definition) is 1. The van der Waals surface area contributed by atoms with Gasteiger partial charge in [-0.25, -0.2) is 4.79 Å². The minimum atomic E-state index is -0.0580. The van der Waals surface area contributed by atoms with Gasteiger partial charge in [0.15, 0.2) is 0 Å². The van der Waals surface area contributed by atoms with Crippen molar-refractivity contribution in [3.63, 3.8) is 0 Å². The summed E-state index contributed by atoms with van der Waals surface area (Å²) in [7, 11) is 0. The Balaban J connectivity index is 1.84. The Morgan fingerprint density at radius 2 is 1.89 bits per heavy atom. The van der Waals surface area contributed by atoms with Crippen LogP contribution in [0, 0.1) is 0 Å². The third-order valence-electron chi connectivity index (χ3n) is 3.41. The van der Waals surface area contributed by atoms with Crippen LogP contribution in [0.25, 0.3) is 0 Å². The lowest BCUT2D eigenvalue weighted by Gasteiger charge is -2.18. The van der Waals surface area contributed by atoms with E-state index in [1.165, 1.54) is 12.8 Å². The Labute approximate surface area is 116 Å². The number of amides is 2. The first-order valence-corrected chi connectivity index (χ1v) is 7.27. The Bertz CT molecular complexity index is 399. The van der Waals surface area contributed by atoms with Crippen molar-refractivity contribution < 1.29 is 4.79 Å². The van der Waals surface area contributed by atoms with Crippen LogP contribution in [-0.4, -0.2) is 12.1 Å². The molecule has 0 radical (unpaired) electrons. The monoisotopic (exact) mass is 310 g/mol. The molecule has 0 saturated heterocycles. The largest absolute Gasteiger partial charge is 0.335 e. The summed E-state index contributed by atoms with van der Waals surface area (Å²) in [5, 5.41) is 6.01. The van der Waals surface area contributed by atoms with Crippen LogP contribution in [0.4, 0.5) is 4.79 Å². The Kier molecular flexibility index (Phi) is 4.64. The zero-order chi connectivity index (χ0) is 13.0. The Hall–Kier alpha value is -1.03. The van der Waals surface area contributed by atoms with Gasteiger partial charge in [0.2, 0.25) is 0 Å². The summed E-state index contributed by atoms with van der Waals surface area (Å²) in [6.45, 7) is 2.00. The summed E-state index contributed by atoms with van der Waals surface area (Å²) in [5.74, 6) is 0. The molecule has 1 saturated carbocycles. The van der Waals surface area contributed by atoms with Crippen LogP contribution >= 0.6 is 15.9 Å². The Morgan fingerprint density at radius 3 is 2.50 bits per heavy atom. The fourth-order valence-corrected chi connectivity index (χ4v) is 2.59. The summed E-state index contributed by atoms with van der Waals surface area (Å²) < 4.78 is 1.05. The highest BCUT2D eigenvalue weighted by Gasteiger charge is 2.18. The topological polar surface area (TPSA) is 41.1 Å². The summed E-state index contributed by atoms with van der Waals surface area (Å²) >= 11 is 3.40. The highest BCUT2D eigenvalue weighted by molar-refractivity contribution is 9.10. The molecule has 2 rings (SSSR count). The normalized spacial score (nSPS) is 17.4. The molecule has 0 unspecified atom stereocenters.